The van der Waals surface area contributed by atoms with Gasteiger partial charge in [-0.25, -0.2) is 0 Å². The van der Waals surface area contributed by atoms with E-state index < -0.39 is 17.5 Å². The third-order valence-corrected chi connectivity index (χ3v) is 5.20. The summed E-state index contributed by atoms with van der Waals surface area (Å²) in [6.45, 7) is 7.66. The van der Waals surface area contributed by atoms with E-state index in [-0.39, 0.29) is 30.8 Å². The first-order valence-electron chi connectivity index (χ1n) is 10.4. The molecule has 1 atom stereocenters. The maximum Gasteiger partial charge on any atom is 0.471 e. The molecule has 1 aromatic carbocycles. The lowest BCUT2D eigenvalue weighted by Crippen LogP contribution is -2.47. The van der Waals surface area contributed by atoms with Crippen molar-refractivity contribution >= 4 is 23.4 Å². The largest absolute Gasteiger partial charge is 0.471 e. The highest BCUT2D eigenvalue weighted by atomic mass is 19.4. The van der Waals surface area contributed by atoms with Gasteiger partial charge in [0.05, 0.1) is 5.92 Å². The summed E-state index contributed by atoms with van der Waals surface area (Å²) >= 11 is 0. The van der Waals surface area contributed by atoms with Gasteiger partial charge in [-0.05, 0) is 37.5 Å². The summed E-state index contributed by atoms with van der Waals surface area (Å²) in [6.07, 6.45) is -3.55. The fourth-order valence-corrected chi connectivity index (χ4v) is 3.57. The quantitative estimate of drug-likeness (QED) is 0.755. The van der Waals surface area contributed by atoms with Gasteiger partial charge in [0.1, 0.15) is 0 Å². The number of likely N-dealkylation sites (tertiary alicyclic amines) is 1. The minimum absolute atomic E-state index is 0.000913. The van der Waals surface area contributed by atoms with Crippen molar-refractivity contribution in [3.8, 4) is 0 Å². The number of nitrogens with one attached hydrogen (secondary N) is 1. The van der Waals surface area contributed by atoms with E-state index in [1.807, 2.05) is 20.8 Å². The summed E-state index contributed by atoms with van der Waals surface area (Å²) in [5.41, 5.74) is 0.397. The first kappa shape index (κ1) is 24.7. The number of nitrogens with zero attached hydrogens (tertiary/aromatic N) is 2. The van der Waals surface area contributed by atoms with Gasteiger partial charge in [-0.1, -0.05) is 32.9 Å². The van der Waals surface area contributed by atoms with E-state index in [9.17, 15) is 27.6 Å². The van der Waals surface area contributed by atoms with E-state index in [1.54, 1.807) is 29.2 Å². The maximum atomic E-state index is 12.8. The summed E-state index contributed by atoms with van der Waals surface area (Å²) in [4.78, 5) is 39.2. The highest BCUT2D eigenvalue weighted by Crippen LogP contribution is 2.25. The molecule has 0 spiro atoms. The Bertz CT molecular complexity index is 818. The molecule has 3 amide bonds. The third-order valence-electron chi connectivity index (χ3n) is 5.20. The molecule has 0 saturated carbocycles. The topological polar surface area (TPSA) is 69.7 Å². The monoisotopic (exact) mass is 441 g/mol. The van der Waals surface area contributed by atoms with Gasteiger partial charge >= 0.3 is 12.1 Å². The minimum Gasteiger partial charge on any atom is -0.341 e. The number of benzene rings is 1. The number of carbonyl (C=O) groups excluding carboxylic acids is 3. The van der Waals surface area contributed by atoms with Gasteiger partial charge in [0, 0.05) is 37.3 Å². The Morgan fingerprint density at radius 1 is 1.19 bits per heavy atom. The van der Waals surface area contributed by atoms with Crippen LogP contribution in [0.25, 0.3) is 0 Å². The van der Waals surface area contributed by atoms with Crippen LogP contribution in [0.15, 0.2) is 24.3 Å². The second kappa shape index (κ2) is 9.70. The molecule has 1 aromatic rings. The van der Waals surface area contributed by atoms with Crippen molar-refractivity contribution in [3.05, 3.63) is 29.8 Å². The molecule has 9 heteroatoms. The smallest absolute Gasteiger partial charge is 0.341 e. The number of halogens is 3. The predicted octanol–water partition coefficient (Wildman–Crippen LogP) is 3.82. The number of rotatable bonds is 5. The van der Waals surface area contributed by atoms with E-state index in [0.29, 0.717) is 35.7 Å². The molecule has 1 aliphatic rings. The standard InChI is InChI=1S/C22H30F3N3O3/c1-5-27(20(31)22(23,24)25)13-15-8-6-10-17(12-15)26-18(29)16-9-7-11-28(14-16)19(30)21(2,3)4/h6,8,10,12,16H,5,7,9,11,13-14H2,1-4H3,(H,26,29). The van der Waals surface area contributed by atoms with Crippen molar-refractivity contribution in [2.45, 2.75) is 53.3 Å². The molecule has 0 aromatic heterocycles. The molecule has 0 aliphatic carbocycles. The summed E-state index contributed by atoms with van der Waals surface area (Å²) in [5, 5.41) is 2.80. The number of amides is 3. The van der Waals surface area contributed by atoms with E-state index in [2.05, 4.69) is 5.32 Å². The van der Waals surface area contributed by atoms with Crippen LogP contribution in [0.5, 0.6) is 0 Å². The lowest BCUT2D eigenvalue weighted by atomic mass is 9.91. The van der Waals surface area contributed by atoms with Gasteiger partial charge in [-0.3, -0.25) is 14.4 Å². The van der Waals surface area contributed by atoms with Crippen molar-refractivity contribution in [1.29, 1.82) is 0 Å². The van der Waals surface area contributed by atoms with Crippen molar-refractivity contribution in [2.75, 3.05) is 25.0 Å². The number of carbonyl (C=O) groups is 3. The number of hydrogen-bond acceptors (Lipinski definition) is 3. The maximum absolute atomic E-state index is 12.8. The van der Waals surface area contributed by atoms with Gasteiger partial charge in [-0.2, -0.15) is 13.2 Å². The summed E-state index contributed by atoms with van der Waals surface area (Å²) < 4.78 is 38.2. The van der Waals surface area contributed by atoms with Crippen LogP contribution in [0.3, 0.4) is 0 Å². The van der Waals surface area contributed by atoms with Crippen LogP contribution in [0.4, 0.5) is 18.9 Å². The average Bonchev–Trinajstić information content (AvgIpc) is 2.70. The van der Waals surface area contributed by atoms with Crippen molar-refractivity contribution in [3.63, 3.8) is 0 Å². The Morgan fingerprint density at radius 3 is 2.45 bits per heavy atom. The molecule has 1 N–H and O–H groups in total. The molecular formula is C22H30F3N3O3. The minimum atomic E-state index is -4.93. The zero-order valence-electron chi connectivity index (χ0n) is 18.4. The lowest BCUT2D eigenvalue weighted by Gasteiger charge is -2.35. The molecule has 0 bridgehead atoms. The Balaban J connectivity index is 2.04. The summed E-state index contributed by atoms with van der Waals surface area (Å²) in [6, 6.07) is 6.43. The first-order chi connectivity index (χ1) is 14.3. The van der Waals surface area contributed by atoms with Crippen LogP contribution >= 0.6 is 0 Å². The van der Waals surface area contributed by atoms with E-state index >= 15 is 0 Å². The molecule has 1 fully saturated rings. The molecule has 1 aliphatic heterocycles. The van der Waals surface area contributed by atoms with Gasteiger partial charge in [0.15, 0.2) is 0 Å². The summed E-state index contributed by atoms with van der Waals surface area (Å²) in [7, 11) is 0. The fraction of sp³-hybridized carbons (Fsp3) is 0.591. The van der Waals surface area contributed by atoms with Crippen molar-refractivity contribution < 1.29 is 27.6 Å². The molecule has 0 radical (unpaired) electrons. The SMILES string of the molecule is CCN(Cc1cccc(NC(=O)C2CCCN(C(=O)C(C)(C)C)C2)c1)C(=O)C(F)(F)F. The van der Waals surface area contributed by atoms with Crippen LogP contribution in [0.2, 0.25) is 0 Å². The Labute approximate surface area is 180 Å². The molecule has 6 nitrogen and oxygen atoms in total. The third kappa shape index (κ3) is 6.70. The average molecular weight is 441 g/mol. The van der Waals surface area contributed by atoms with Gasteiger partial charge in [0.2, 0.25) is 11.8 Å². The van der Waals surface area contributed by atoms with Crippen LogP contribution in [-0.2, 0) is 20.9 Å². The Hall–Kier alpha value is -2.58. The molecule has 172 valence electrons. The van der Waals surface area contributed by atoms with Crippen LogP contribution in [0.1, 0.15) is 46.1 Å². The highest BCUT2D eigenvalue weighted by Gasteiger charge is 2.42. The second-order valence-corrected chi connectivity index (χ2v) is 8.85. The number of anilines is 1. The van der Waals surface area contributed by atoms with E-state index in [4.69, 9.17) is 0 Å². The first-order valence-corrected chi connectivity index (χ1v) is 10.4. The van der Waals surface area contributed by atoms with Crippen molar-refractivity contribution in [1.82, 2.24) is 9.80 Å². The molecular weight excluding hydrogens is 411 g/mol. The van der Waals surface area contributed by atoms with Crippen LogP contribution in [-0.4, -0.2) is 53.3 Å². The molecule has 31 heavy (non-hydrogen) atoms. The van der Waals surface area contributed by atoms with Crippen LogP contribution in [0, 0.1) is 11.3 Å². The molecule has 1 heterocycles. The van der Waals surface area contributed by atoms with E-state index in [1.165, 1.54) is 6.92 Å². The van der Waals surface area contributed by atoms with Crippen molar-refractivity contribution in [2.24, 2.45) is 11.3 Å². The normalized spacial score (nSPS) is 17.3. The Kier molecular flexibility index (Phi) is 7.72. The summed E-state index contributed by atoms with van der Waals surface area (Å²) in [5.74, 6) is -2.49. The lowest BCUT2D eigenvalue weighted by molar-refractivity contribution is -0.185. The Morgan fingerprint density at radius 2 is 1.87 bits per heavy atom. The number of hydrogen-bond donors (Lipinski definition) is 1. The molecule has 1 unspecified atom stereocenters. The molecule has 2 rings (SSSR count). The highest BCUT2D eigenvalue weighted by molar-refractivity contribution is 5.93. The number of alkyl halides is 3. The van der Waals surface area contributed by atoms with E-state index in [0.717, 1.165) is 6.42 Å². The zero-order chi connectivity index (χ0) is 23.4. The second-order valence-electron chi connectivity index (χ2n) is 8.85. The van der Waals surface area contributed by atoms with Gasteiger partial charge in [0.25, 0.3) is 0 Å². The fourth-order valence-electron chi connectivity index (χ4n) is 3.57. The molecule has 1 saturated heterocycles. The van der Waals surface area contributed by atoms with Gasteiger partial charge in [-0.15, -0.1) is 0 Å². The van der Waals surface area contributed by atoms with Gasteiger partial charge < -0.3 is 15.1 Å². The number of piperidine rings is 1. The zero-order valence-corrected chi connectivity index (χ0v) is 18.4. The van der Waals surface area contributed by atoms with Crippen LogP contribution < -0.4 is 5.32 Å². The predicted molar refractivity (Wildman–Crippen MR) is 111 cm³/mol.